The van der Waals surface area contributed by atoms with Crippen LogP contribution in [0.15, 0.2) is 54.6 Å². The molecule has 0 amide bonds. The number of hydrogen-bond donors (Lipinski definition) is 2. The molecule has 1 unspecified atom stereocenters. The number of benzene rings is 2. The van der Waals surface area contributed by atoms with Gasteiger partial charge in [-0.1, -0.05) is 48.5 Å². The van der Waals surface area contributed by atoms with Crippen LogP contribution in [0.5, 0.6) is 0 Å². The molecule has 2 nitrogen and oxygen atoms in total. The highest BCUT2D eigenvalue weighted by Crippen LogP contribution is 2.15. The molecular weight excluding hydrogens is 229 g/mol. The van der Waals surface area contributed by atoms with Crippen molar-refractivity contribution in [1.82, 2.24) is 5.32 Å². The highest BCUT2D eigenvalue weighted by atomic mass is 19.1. The molecule has 2 N–H and O–H groups in total. The first-order chi connectivity index (χ1) is 8.77. The molecule has 94 valence electrons. The molecule has 0 radical (unpaired) electrons. The molecule has 2 aromatic carbocycles. The van der Waals surface area contributed by atoms with Crippen molar-refractivity contribution in [3.05, 3.63) is 71.5 Å². The first-order valence-corrected chi connectivity index (χ1v) is 5.94. The summed E-state index contributed by atoms with van der Waals surface area (Å²) >= 11 is 0. The third-order valence-electron chi connectivity index (χ3n) is 2.77. The summed E-state index contributed by atoms with van der Waals surface area (Å²) in [6, 6.07) is 16.2. The van der Waals surface area contributed by atoms with E-state index in [2.05, 4.69) is 5.32 Å². The average molecular weight is 245 g/mol. The van der Waals surface area contributed by atoms with E-state index in [1.165, 1.54) is 6.07 Å². The Kier molecular flexibility index (Phi) is 4.45. The Morgan fingerprint density at radius 2 is 1.67 bits per heavy atom. The van der Waals surface area contributed by atoms with Crippen molar-refractivity contribution in [2.75, 3.05) is 6.54 Å². The van der Waals surface area contributed by atoms with Crippen LogP contribution in [0.3, 0.4) is 0 Å². The van der Waals surface area contributed by atoms with E-state index in [-0.39, 0.29) is 5.82 Å². The number of hydrogen-bond acceptors (Lipinski definition) is 2. The summed E-state index contributed by atoms with van der Waals surface area (Å²) in [6.07, 6.45) is -0.824. The van der Waals surface area contributed by atoms with E-state index in [0.717, 1.165) is 5.56 Å². The fourth-order valence-corrected chi connectivity index (χ4v) is 1.80. The zero-order valence-corrected chi connectivity index (χ0v) is 10.0. The number of aliphatic hydroxyl groups is 1. The highest BCUT2D eigenvalue weighted by molar-refractivity contribution is 5.20. The van der Waals surface area contributed by atoms with Crippen molar-refractivity contribution in [3.8, 4) is 0 Å². The van der Waals surface area contributed by atoms with Gasteiger partial charge in [0.05, 0.1) is 6.10 Å². The summed E-state index contributed by atoms with van der Waals surface area (Å²) < 4.78 is 13.4. The number of halogens is 1. The molecule has 0 bridgehead atoms. The topological polar surface area (TPSA) is 32.3 Å². The third kappa shape index (κ3) is 3.39. The predicted molar refractivity (Wildman–Crippen MR) is 69.5 cm³/mol. The van der Waals surface area contributed by atoms with E-state index in [9.17, 15) is 9.50 Å². The van der Waals surface area contributed by atoms with Crippen LogP contribution in [0, 0.1) is 5.82 Å². The second-order valence-electron chi connectivity index (χ2n) is 4.15. The van der Waals surface area contributed by atoms with Crippen molar-refractivity contribution >= 4 is 0 Å². The summed E-state index contributed by atoms with van der Waals surface area (Å²) in [7, 11) is 0. The summed E-state index contributed by atoms with van der Waals surface area (Å²) in [4.78, 5) is 0. The number of nitrogens with one attached hydrogen (secondary N) is 1. The van der Waals surface area contributed by atoms with Crippen LogP contribution in [-0.4, -0.2) is 11.7 Å². The molecule has 2 aromatic rings. The van der Waals surface area contributed by atoms with E-state index in [4.69, 9.17) is 0 Å². The summed E-state index contributed by atoms with van der Waals surface area (Å²) in [5.74, 6) is -0.369. The molecule has 0 aliphatic heterocycles. The van der Waals surface area contributed by atoms with Crippen LogP contribution in [0.1, 0.15) is 17.2 Å². The Morgan fingerprint density at radius 1 is 1.00 bits per heavy atom. The normalized spacial score (nSPS) is 12.3. The predicted octanol–water partition coefficient (Wildman–Crippen LogP) is 2.65. The van der Waals surface area contributed by atoms with Crippen LogP contribution in [0.2, 0.25) is 0 Å². The first-order valence-electron chi connectivity index (χ1n) is 5.94. The maximum Gasteiger partial charge on any atom is 0.129 e. The monoisotopic (exact) mass is 245 g/mol. The van der Waals surface area contributed by atoms with Gasteiger partial charge in [0.1, 0.15) is 5.82 Å². The summed E-state index contributed by atoms with van der Waals surface area (Å²) in [5.41, 5.74) is 1.47. The standard InChI is InChI=1S/C15H16FNO/c16-14-9-5-4-8-13(14)15(18)11-17-10-12-6-2-1-3-7-12/h1-9,15,17-18H,10-11H2. The molecule has 0 aliphatic rings. The van der Waals surface area contributed by atoms with Crippen molar-refractivity contribution in [2.45, 2.75) is 12.6 Å². The fourth-order valence-electron chi connectivity index (χ4n) is 1.80. The lowest BCUT2D eigenvalue weighted by atomic mass is 10.1. The number of rotatable bonds is 5. The van der Waals surface area contributed by atoms with Crippen LogP contribution in [0.4, 0.5) is 4.39 Å². The summed E-state index contributed by atoms with van der Waals surface area (Å²) in [6.45, 7) is 0.988. The van der Waals surface area contributed by atoms with E-state index in [0.29, 0.717) is 18.7 Å². The lowest BCUT2D eigenvalue weighted by Gasteiger charge is -2.13. The van der Waals surface area contributed by atoms with E-state index >= 15 is 0 Å². The molecule has 18 heavy (non-hydrogen) atoms. The van der Waals surface area contributed by atoms with Gasteiger partial charge in [-0.05, 0) is 11.6 Å². The Hall–Kier alpha value is -1.71. The molecule has 0 saturated heterocycles. The highest BCUT2D eigenvalue weighted by Gasteiger charge is 2.11. The molecule has 2 rings (SSSR count). The molecule has 3 heteroatoms. The Balaban J connectivity index is 1.86. The second kappa shape index (κ2) is 6.28. The lowest BCUT2D eigenvalue weighted by Crippen LogP contribution is -2.21. The third-order valence-corrected chi connectivity index (χ3v) is 2.77. The van der Waals surface area contributed by atoms with Gasteiger partial charge in [-0.3, -0.25) is 0 Å². The molecule has 0 heterocycles. The second-order valence-corrected chi connectivity index (χ2v) is 4.15. The molecule has 0 saturated carbocycles. The summed E-state index contributed by atoms with van der Waals surface area (Å²) in [5, 5.41) is 13.0. The van der Waals surface area contributed by atoms with Gasteiger partial charge in [-0.2, -0.15) is 0 Å². The largest absolute Gasteiger partial charge is 0.387 e. The molecule has 0 aromatic heterocycles. The Morgan fingerprint density at radius 3 is 2.39 bits per heavy atom. The van der Waals surface area contributed by atoms with Gasteiger partial charge in [0.25, 0.3) is 0 Å². The van der Waals surface area contributed by atoms with Crippen LogP contribution in [0.25, 0.3) is 0 Å². The van der Waals surface area contributed by atoms with Gasteiger partial charge in [-0.25, -0.2) is 4.39 Å². The Bertz CT molecular complexity index is 487. The SMILES string of the molecule is OC(CNCc1ccccc1)c1ccccc1F. The van der Waals surface area contributed by atoms with E-state index < -0.39 is 6.10 Å². The minimum absolute atomic E-state index is 0.329. The average Bonchev–Trinajstić information content (AvgIpc) is 2.40. The van der Waals surface area contributed by atoms with Crippen LogP contribution >= 0.6 is 0 Å². The van der Waals surface area contributed by atoms with Gasteiger partial charge in [0.15, 0.2) is 0 Å². The van der Waals surface area contributed by atoms with Crippen LogP contribution in [-0.2, 0) is 6.54 Å². The molecule has 0 spiro atoms. The van der Waals surface area contributed by atoms with Gasteiger partial charge in [0, 0.05) is 18.7 Å². The number of aliphatic hydroxyl groups excluding tert-OH is 1. The van der Waals surface area contributed by atoms with Gasteiger partial charge in [-0.15, -0.1) is 0 Å². The molecule has 0 aliphatic carbocycles. The van der Waals surface area contributed by atoms with Crippen LogP contribution < -0.4 is 5.32 Å². The van der Waals surface area contributed by atoms with Crippen molar-refractivity contribution in [3.63, 3.8) is 0 Å². The van der Waals surface area contributed by atoms with Gasteiger partial charge < -0.3 is 10.4 Å². The molecule has 1 atom stereocenters. The zero-order valence-electron chi connectivity index (χ0n) is 10.0. The van der Waals surface area contributed by atoms with Crippen molar-refractivity contribution in [1.29, 1.82) is 0 Å². The minimum Gasteiger partial charge on any atom is -0.387 e. The zero-order chi connectivity index (χ0) is 12.8. The lowest BCUT2D eigenvalue weighted by molar-refractivity contribution is 0.169. The van der Waals surface area contributed by atoms with Gasteiger partial charge >= 0.3 is 0 Å². The maximum absolute atomic E-state index is 13.4. The molecular formula is C15H16FNO. The minimum atomic E-state index is -0.824. The maximum atomic E-state index is 13.4. The van der Waals surface area contributed by atoms with Crippen molar-refractivity contribution < 1.29 is 9.50 Å². The first kappa shape index (κ1) is 12.7. The van der Waals surface area contributed by atoms with Gasteiger partial charge in [0.2, 0.25) is 0 Å². The smallest absolute Gasteiger partial charge is 0.129 e. The fraction of sp³-hybridized carbons (Fsp3) is 0.200. The van der Waals surface area contributed by atoms with E-state index in [1.807, 2.05) is 30.3 Å². The van der Waals surface area contributed by atoms with E-state index in [1.54, 1.807) is 18.2 Å². The Labute approximate surface area is 106 Å². The quantitative estimate of drug-likeness (QED) is 0.848. The van der Waals surface area contributed by atoms with Crippen molar-refractivity contribution in [2.24, 2.45) is 0 Å². The molecule has 0 fully saturated rings.